The maximum Gasteiger partial charge on any atom is 0.471 e. The molecule has 0 atom stereocenters. The van der Waals surface area contributed by atoms with Crippen molar-refractivity contribution in [2.75, 3.05) is 5.32 Å². The molecule has 3 aromatic rings. The predicted octanol–water partition coefficient (Wildman–Crippen LogP) is 4.56. The van der Waals surface area contributed by atoms with Crippen LogP contribution in [-0.2, 0) is 4.79 Å². The Labute approximate surface area is 144 Å². The fourth-order valence-corrected chi connectivity index (χ4v) is 2.15. The van der Waals surface area contributed by atoms with Crippen molar-refractivity contribution in [3.8, 4) is 22.8 Å². The first-order valence-corrected chi connectivity index (χ1v) is 7.29. The van der Waals surface area contributed by atoms with Gasteiger partial charge in [0, 0.05) is 10.6 Å². The summed E-state index contributed by atoms with van der Waals surface area (Å²) in [6.45, 7) is 0. The van der Waals surface area contributed by atoms with Crippen molar-refractivity contribution in [2.24, 2.45) is 0 Å². The number of halogens is 4. The third kappa shape index (κ3) is 3.80. The van der Waals surface area contributed by atoms with Crippen molar-refractivity contribution in [1.29, 1.82) is 0 Å². The van der Waals surface area contributed by atoms with Gasteiger partial charge in [-0.1, -0.05) is 28.9 Å². The fraction of sp³-hybridized carbons (Fsp3) is 0.0625. The van der Waals surface area contributed by atoms with Crippen molar-refractivity contribution < 1.29 is 22.5 Å². The predicted molar refractivity (Wildman–Crippen MR) is 84.9 cm³/mol. The van der Waals surface area contributed by atoms with Crippen LogP contribution in [0.5, 0.6) is 0 Å². The summed E-state index contributed by atoms with van der Waals surface area (Å²) in [5.74, 6) is -1.87. The quantitative estimate of drug-likeness (QED) is 0.737. The summed E-state index contributed by atoms with van der Waals surface area (Å²) >= 11 is 5.81. The molecule has 0 aliphatic rings. The number of hydrogen-bond acceptors (Lipinski definition) is 4. The molecule has 1 N–H and O–H groups in total. The van der Waals surface area contributed by atoms with Crippen LogP contribution >= 0.6 is 11.6 Å². The van der Waals surface area contributed by atoms with Crippen LogP contribution in [0, 0.1) is 0 Å². The van der Waals surface area contributed by atoms with E-state index in [9.17, 15) is 18.0 Å². The molecular weight excluding hydrogens is 359 g/mol. The Morgan fingerprint density at radius 1 is 1.08 bits per heavy atom. The van der Waals surface area contributed by atoms with Gasteiger partial charge < -0.3 is 9.84 Å². The molecule has 0 aliphatic carbocycles. The average Bonchev–Trinajstić information content (AvgIpc) is 3.05. The van der Waals surface area contributed by atoms with Gasteiger partial charge in [0.2, 0.25) is 5.82 Å². The van der Waals surface area contributed by atoms with E-state index in [1.165, 1.54) is 18.2 Å². The van der Waals surface area contributed by atoms with Crippen LogP contribution in [0.1, 0.15) is 0 Å². The van der Waals surface area contributed by atoms with Gasteiger partial charge in [0.1, 0.15) is 0 Å². The molecule has 0 spiro atoms. The van der Waals surface area contributed by atoms with Gasteiger partial charge in [-0.05, 0) is 36.4 Å². The van der Waals surface area contributed by atoms with Crippen molar-refractivity contribution in [3.05, 3.63) is 53.6 Å². The maximum absolute atomic E-state index is 12.5. The molecule has 0 unspecified atom stereocenters. The van der Waals surface area contributed by atoms with E-state index in [0.29, 0.717) is 10.6 Å². The number of anilines is 1. The molecule has 1 amide bonds. The second kappa shape index (κ2) is 6.56. The van der Waals surface area contributed by atoms with Crippen molar-refractivity contribution in [3.63, 3.8) is 0 Å². The smallest absolute Gasteiger partial charge is 0.334 e. The Balaban J connectivity index is 1.93. The lowest BCUT2D eigenvalue weighted by molar-refractivity contribution is -0.167. The van der Waals surface area contributed by atoms with Crippen molar-refractivity contribution in [1.82, 2.24) is 10.1 Å². The molecule has 3 rings (SSSR count). The lowest BCUT2D eigenvalue weighted by atomic mass is 10.1. The van der Waals surface area contributed by atoms with Gasteiger partial charge in [-0.25, -0.2) is 0 Å². The summed E-state index contributed by atoms with van der Waals surface area (Å²) < 4.78 is 42.5. The van der Waals surface area contributed by atoms with Crippen molar-refractivity contribution in [2.45, 2.75) is 6.18 Å². The van der Waals surface area contributed by atoms with E-state index in [2.05, 4.69) is 10.1 Å². The zero-order valence-electron chi connectivity index (χ0n) is 12.3. The Bertz CT molecular complexity index is 907. The van der Waals surface area contributed by atoms with Gasteiger partial charge in [-0.3, -0.25) is 4.79 Å². The summed E-state index contributed by atoms with van der Waals surface area (Å²) in [6, 6.07) is 12.5. The van der Waals surface area contributed by atoms with Crippen LogP contribution in [0.2, 0.25) is 5.02 Å². The van der Waals surface area contributed by atoms with Crippen LogP contribution in [0.25, 0.3) is 22.8 Å². The number of nitrogens with one attached hydrogen (secondary N) is 1. The molecule has 25 heavy (non-hydrogen) atoms. The van der Waals surface area contributed by atoms with Crippen LogP contribution in [-0.4, -0.2) is 22.2 Å². The van der Waals surface area contributed by atoms with Crippen LogP contribution in [0.4, 0.5) is 18.9 Å². The number of nitrogens with zero attached hydrogens (tertiary/aromatic N) is 2. The molecule has 128 valence electrons. The summed E-state index contributed by atoms with van der Waals surface area (Å²) in [4.78, 5) is 15.3. The number of para-hydroxylation sites is 1. The molecule has 0 saturated carbocycles. The standard InChI is InChI=1S/C16H9ClF3N3O2/c17-10-7-5-9(6-8-10)13-22-14(25-23-13)11-3-1-2-4-12(11)21-15(24)16(18,19)20/h1-8H,(H,21,24). The van der Waals surface area contributed by atoms with Crippen LogP contribution < -0.4 is 5.32 Å². The highest BCUT2D eigenvalue weighted by atomic mass is 35.5. The van der Waals surface area contributed by atoms with Gasteiger partial charge in [0.15, 0.2) is 0 Å². The van der Waals surface area contributed by atoms with Crippen LogP contribution in [0.15, 0.2) is 53.1 Å². The average molecular weight is 368 g/mol. The third-order valence-corrected chi connectivity index (χ3v) is 3.44. The van der Waals surface area contributed by atoms with Gasteiger partial charge in [0.25, 0.3) is 5.89 Å². The number of hydrogen-bond donors (Lipinski definition) is 1. The Morgan fingerprint density at radius 2 is 1.76 bits per heavy atom. The highest BCUT2D eigenvalue weighted by molar-refractivity contribution is 6.30. The van der Waals surface area contributed by atoms with Gasteiger partial charge in [-0.15, -0.1) is 0 Å². The minimum absolute atomic E-state index is 0.0250. The SMILES string of the molecule is O=C(Nc1ccccc1-c1nc(-c2ccc(Cl)cc2)no1)C(F)(F)F. The summed E-state index contributed by atoms with van der Waals surface area (Å²) in [7, 11) is 0. The summed E-state index contributed by atoms with van der Waals surface area (Å²) in [5.41, 5.74) is 0.708. The first kappa shape index (κ1) is 17.0. The highest BCUT2D eigenvalue weighted by Gasteiger charge is 2.39. The number of rotatable bonds is 3. The third-order valence-electron chi connectivity index (χ3n) is 3.19. The molecule has 0 aliphatic heterocycles. The zero-order chi connectivity index (χ0) is 18.0. The number of aromatic nitrogens is 2. The molecule has 0 radical (unpaired) electrons. The molecule has 9 heteroatoms. The molecule has 0 fully saturated rings. The fourth-order valence-electron chi connectivity index (χ4n) is 2.02. The molecule has 0 bridgehead atoms. The highest BCUT2D eigenvalue weighted by Crippen LogP contribution is 2.30. The second-order valence-electron chi connectivity index (χ2n) is 4.93. The zero-order valence-corrected chi connectivity index (χ0v) is 13.1. The number of carbonyl (C=O) groups is 1. The van der Waals surface area contributed by atoms with Gasteiger partial charge >= 0.3 is 12.1 Å². The number of benzene rings is 2. The molecular formula is C16H9ClF3N3O2. The largest absolute Gasteiger partial charge is 0.471 e. The van der Waals surface area contributed by atoms with E-state index < -0.39 is 12.1 Å². The normalized spacial score (nSPS) is 11.4. The second-order valence-corrected chi connectivity index (χ2v) is 5.36. The van der Waals surface area contributed by atoms with Gasteiger partial charge in [0.05, 0.1) is 11.3 Å². The van der Waals surface area contributed by atoms with E-state index in [-0.39, 0.29) is 23.0 Å². The Morgan fingerprint density at radius 3 is 2.44 bits per heavy atom. The van der Waals surface area contributed by atoms with E-state index in [0.717, 1.165) is 0 Å². The maximum atomic E-state index is 12.5. The molecule has 2 aromatic carbocycles. The number of amides is 1. The number of carbonyl (C=O) groups excluding carboxylic acids is 1. The topological polar surface area (TPSA) is 68.0 Å². The minimum Gasteiger partial charge on any atom is -0.334 e. The first-order chi connectivity index (χ1) is 11.8. The van der Waals surface area contributed by atoms with Gasteiger partial charge in [-0.2, -0.15) is 18.2 Å². The molecule has 1 heterocycles. The Kier molecular flexibility index (Phi) is 4.45. The molecule has 1 aromatic heterocycles. The monoisotopic (exact) mass is 367 g/mol. The van der Waals surface area contributed by atoms with E-state index >= 15 is 0 Å². The van der Waals surface area contributed by atoms with Crippen LogP contribution in [0.3, 0.4) is 0 Å². The minimum atomic E-state index is -5.00. The van der Waals surface area contributed by atoms with Crippen molar-refractivity contribution >= 4 is 23.2 Å². The molecule has 0 saturated heterocycles. The summed E-state index contributed by atoms with van der Waals surface area (Å²) in [6.07, 6.45) is -5.00. The lowest BCUT2D eigenvalue weighted by Crippen LogP contribution is -2.30. The number of alkyl halides is 3. The van der Waals surface area contributed by atoms with E-state index in [4.69, 9.17) is 16.1 Å². The summed E-state index contributed by atoms with van der Waals surface area (Å²) in [5, 5.41) is 6.13. The molecule has 5 nitrogen and oxygen atoms in total. The van der Waals surface area contributed by atoms with E-state index in [1.807, 2.05) is 0 Å². The van der Waals surface area contributed by atoms with E-state index in [1.54, 1.807) is 35.6 Å². The first-order valence-electron chi connectivity index (χ1n) is 6.92. The Hall–Kier alpha value is -2.87. The lowest BCUT2D eigenvalue weighted by Gasteiger charge is -2.10.